The molecule has 1 aromatic rings. The van der Waals surface area contributed by atoms with E-state index in [1.54, 1.807) is 12.3 Å². The average molecular weight is 345 g/mol. The van der Waals surface area contributed by atoms with Crippen molar-refractivity contribution in [1.82, 2.24) is 4.98 Å². The smallest absolute Gasteiger partial charge is 0.306 e. The van der Waals surface area contributed by atoms with E-state index in [-0.39, 0.29) is 5.97 Å². The third-order valence-electron chi connectivity index (χ3n) is 3.47. The molecule has 0 aliphatic rings. The van der Waals surface area contributed by atoms with E-state index in [0.717, 1.165) is 17.7 Å². The van der Waals surface area contributed by atoms with E-state index in [1.807, 2.05) is 0 Å². The van der Waals surface area contributed by atoms with Gasteiger partial charge in [0, 0.05) is 16.8 Å². The first-order chi connectivity index (χ1) is 10.6. The van der Waals surface area contributed by atoms with Gasteiger partial charge in [0.05, 0.1) is 18.1 Å². The third-order valence-corrected chi connectivity index (χ3v) is 5.04. The fraction of sp³-hybridized carbons (Fsp3) is 0.625. The number of carbonyl (C=O) groups is 1. The van der Waals surface area contributed by atoms with Crippen LogP contribution in [0.25, 0.3) is 0 Å². The maximum Gasteiger partial charge on any atom is 0.306 e. The Bertz CT molecular complexity index is 471. The molecule has 124 valence electrons. The van der Waals surface area contributed by atoms with Gasteiger partial charge in [0.1, 0.15) is 5.82 Å². The number of aromatic nitrogens is 1. The molecule has 1 rings (SSSR count). The number of nitrogen functional groups attached to an aromatic ring is 1. The number of halogens is 1. The van der Waals surface area contributed by atoms with Crippen LogP contribution in [0, 0.1) is 5.92 Å². The number of carbonyl (C=O) groups excluding carboxylic acids is 1. The highest BCUT2D eigenvalue weighted by Gasteiger charge is 2.11. The Hall–Kier alpha value is -0.940. The molecular weight excluding hydrogens is 320 g/mol. The van der Waals surface area contributed by atoms with Crippen LogP contribution in [0.1, 0.15) is 46.0 Å². The van der Waals surface area contributed by atoms with E-state index >= 15 is 0 Å². The van der Waals surface area contributed by atoms with Crippen LogP contribution in [0.4, 0.5) is 5.82 Å². The summed E-state index contributed by atoms with van der Waals surface area (Å²) in [7, 11) is 0. The number of nitrogens with zero attached hydrogens (tertiary/aromatic N) is 1. The molecule has 0 aliphatic heterocycles. The van der Waals surface area contributed by atoms with Gasteiger partial charge in [-0.2, -0.15) is 0 Å². The number of anilines is 1. The molecule has 6 heteroatoms. The molecule has 0 aliphatic carbocycles. The minimum absolute atomic E-state index is 0.152. The molecule has 4 nitrogen and oxygen atoms in total. The largest absolute Gasteiger partial charge is 0.465 e. The van der Waals surface area contributed by atoms with Gasteiger partial charge in [-0.25, -0.2) is 4.98 Å². The van der Waals surface area contributed by atoms with Gasteiger partial charge in [-0.15, -0.1) is 11.8 Å². The Kier molecular flexibility index (Phi) is 9.32. The standard InChI is InChI=1S/C16H25ClN2O2S/c1-3-5-6-12(4-2)11-21-14(20)8-10-22-13-7-9-19-16(18)15(13)17/h7,9,12H,3-6,8,10-11H2,1-2H3,(H2,18,19). The van der Waals surface area contributed by atoms with E-state index in [0.29, 0.717) is 35.5 Å². The number of unbranched alkanes of at least 4 members (excludes halogenated alkanes) is 1. The Morgan fingerprint density at radius 1 is 1.50 bits per heavy atom. The molecule has 0 saturated heterocycles. The molecule has 1 heterocycles. The number of thioether (sulfide) groups is 1. The molecule has 2 N–H and O–H groups in total. The molecule has 1 atom stereocenters. The van der Waals surface area contributed by atoms with E-state index in [9.17, 15) is 4.79 Å². The summed E-state index contributed by atoms with van der Waals surface area (Å²) in [6.45, 7) is 4.84. The van der Waals surface area contributed by atoms with Crippen molar-refractivity contribution in [3.8, 4) is 0 Å². The fourth-order valence-corrected chi connectivity index (χ4v) is 3.13. The van der Waals surface area contributed by atoms with Crippen molar-refractivity contribution in [2.75, 3.05) is 18.1 Å². The Balaban J connectivity index is 2.27. The number of nitrogens with two attached hydrogens (primary N) is 1. The summed E-state index contributed by atoms with van der Waals surface area (Å²) in [6, 6.07) is 1.80. The third kappa shape index (κ3) is 6.88. The highest BCUT2D eigenvalue weighted by molar-refractivity contribution is 7.99. The van der Waals surface area contributed by atoms with Gasteiger partial charge < -0.3 is 10.5 Å². The van der Waals surface area contributed by atoms with Crippen LogP contribution in [0.2, 0.25) is 5.02 Å². The van der Waals surface area contributed by atoms with E-state index < -0.39 is 0 Å². The lowest BCUT2D eigenvalue weighted by Gasteiger charge is -2.14. The van der Waals surface area contributed by atoms with Crippen LogP contribution in [0.3, 0.4) is 0 Å². The minimum atomic E-state index is -0.152. The molecule has 0 spiro atoms. The summed E-state index contributed by atoms with van der Waals surface area (Å²) in [6.07, 6.45) is 6.52. The predicted molar refractivity (Wildman–Crippen MR) is 93.3 cm³/mol. The lowest BCUT2D eigenvalue weighted by atomic mass is 10.0. The fourth-order valence-electron chi connectivity index (χ4n) is 1.98. The normalized spacial score (nSPS) is 12.1. The van der Waals surface area contributed by atoms with Crippen molar-refractivity contribution in [3.05, 3.63) is 17.3 Å². The zero-order valence-electron chi connectivity index (χ0n) is 13.3. The first-order valence-electron chi connectivity index (χ1n) is 7.76. The number of rotatable bonds is 10. The van der Waals surface area contributed by atoms with Crippen molar-refractivity contribution in [2.24, 2.45) is 5.92 Å². The Labute approximate surface area is 142 Å². The molecule has 1 aromatic heterocycles. The lowest BCUT2D eigenvalue weighted by Crippen LogP contribution is -2.14. The van der Waals surface area contributed by atoms with Gasteiger partial charge in [0.25, 0.3) is 0 Å². The van der Waals surface area contributed by atoms with Crippen LogP contribution in [-0.4, -0.2) is 23.3 Å². The van der Waals surface area contributed by atoms with Crippen LogP contribution in [-0.2, 0) is 9.53 Å². The van der Waals surface area contributed by atoms with Crippen molar-refractivity contribution < 1.29 is 9.53 Å². The summed E-state index contributed by atoms with van der Waals surface area (Å²) < 4.78 is 5.36. The molecule has 0 fully saturated rings. The van der Waals surface area contributed by atoms with Gasteiger partial charge in [-0.3, -0.25) is 4.79 Å². The zero-order chi connectivity index (χ0) is 16.4. The number of hydrogen-bond donors (Lipinski definition) is 1. The minimum Gasteiger partial charge on any atom is -0.465 e. The maximum absolute atomic E-state index is 11.8. The summed E-state index contributed by atoms with van der Waals surface area (Å²) in [5, 5.41) is 0.450. The maximum atomic E-state index is 11.8. The molecule has 0 saturated carbocycles. The lowest BCUT2D eigenvalue weighted by molar-refractivity contribution is -0.144. The van der Waals surface area contributed by atoms with Gasteiger partial charge in [0.15, 0.2) is 0 Å². The van der Waals surface area contributed by atoms with Gasteiger partial charge >= 0.3 is 5.97 Å². The highest BCUT2D eigenvalue weighted by Crippen LogP contribution is 2.30. The number of ether oxygens (including phenoxy) is 1. The summed E-state index contributed by atoms with van der Waals surface area (Å²) in [5.41, 5.74) is 5.64. The first kappa shape index (κ1) is 19.1. The number of esters is 1. The van der Waals surface area contributed by atoms with Crippen molar-refractivity contribution in [2.45, 2.75) is 50.8 Å². The Morgan fingerprint density at radius 3 is 2.95 bits per heavy atom. The van der Waals surface area contributed by atoms with Crippen LogP contribution < -0.4 is 5.73 Å². The Morgan fingerprint density at radius 2 is 2.27 bits per heavy atom. The van der Waals surface area contributed by atoms with E-state index in [1.165, 1.54) is 24.6 Å². The van der Waals surface area contributed by atoms with E-state index in [4.69, 9.17) is 22.1 Å². The average Bonchev–Trinajstić information content (AvgIpc) is 2.51. The second-order valence-electron chi connectivity index (χ2n) is 5.21. The molecule has 0 radical (unpaired) electrons. The second-order valence-corrected chi connectivity index (χ2v) is 6.72. The monoisotopic (exact) mass is 344 g/mol. The molecule has 0 amide bonds. The van der Waals surface area contributed by atoms with Crippen LogP contribution in [0.5, 0.6) is 0 Å². The van der Waals surface area contributed by atoms with Crippen LogP contribution in [0.15, 0.2) is 17.2 Å². The second kappa shape index (κ2) is 10.7. The SMILES string of the molecule is CCCCC(CC)COC(=O)CCSc1ccnc(N)c1Cl. The molecule has 1 unspecified atom stereocenters. The molecule has 0 aromatic carbocycles. The van der Waals surface area contributed by atoms with Gasteiger partial charge in [-0.05, 0) is 18.4 Å². The topological polar surface area (TPSA) is 65.2 Å². The summed E-state index contributed by atoms with van der Waals surface area (Å²) >= 11 is 7.54. The number of pyridine rings is 1. The van der Waals surface area contributed by atoms with Crippen LogP contribution >= 0.6 is 23.4 Å². The van der Waals surface area contributed by atoms with E-state index in [2.05, 4.69) is 18.8 Å². The van der Waals surface area contributed by atoms with Crippen molar-refractivity contribution in [1.29, 1.82) is 0 Å². The zero-order valence-corrected chi connectivity index (χ0v) is 14.9. The summed E-state index contributed by atoms with van der Waals surface area (Å²) in [5.74, 6) is 1.26. The number of hydrogen-bond acceptors (Lipinski definition) is 5. The molecule has 22 heavy (non-hydrogen) atoms. The predicted octanol–water partition coefficient (Wildman–Crippen LogP) is 4.56. The quantitative estimate of drug-likeness (QED) is 0.498. The van der Waals surface area contributed by atoms with Gasteiger partial charge in [0.2, 0.25) is 0 Å². The first-order valence-corrected chi connectivity index (χ1v) is 9.13. The summed E-state index contributed by atoms with van der Waals surface area (Å²) in [4.78, 5) is 16.5. The van der Waals surface area contributed by atoms with Crippen molar-refractivity contribution >= 4 is 35.1 Å². The highest BCUT2D eigenvalue weighted by atomic mass is 35.5. The molecule has 0 bridgehead atoms. The molecular formula is C16H25ClN2O2S. The van der Waals surface area contributed by atoms with Gasteiger partial charge in [-0.1, -0.05) is 44.7 Å². The van der Waals surface area contributed by atoms with Crippen molar-refractivity contribution in [3.63, 3.8) is 0 Å².